The molecule has 2 aromatic carbocycles. The second-order valence-electron chi connectivity index (χ2n) is 7.54. The van der Waals surface area contributed by atoms with Crippen LogP contribution in [-0.2, 0) is 4.79 Å². The maximum Gasteiger partial charge on any atom is 0.229 e. The van der Waals surface area contributed by atoms with Crippen LogP contribution in [0.2, 0.25) is 0 Å². The van der Waals surface area contributed by atoms with Crippen molar-refractivity contribution in [2.45, 2.75) is 20.8 Å². The molecular weight excluding hydrogens is 366 g/mol. The van der Waals surface area contributed by atoms with Crippen molar-refractivity contribution >= 4 is 23.2 Å². The Morgan fingerprint density at radius 3 is 1.52 bits per heavy atom. The number of carbonyl (C=O) groups is 3. The smallest absolute Gasteiger partial charge is 0.229 e. The molecule has 3 aromatic rings. The molecule has 146 valence electrons. The monoisotopic (exact) mass is 387 g/mol. The van der Waals surface area contributed by atoms with Crippen LogP contribution >= 0.6 is 0 Å². The summed E-state index contributed by atoms with van der Waals surface area (Å²) in [5.41, 5.74) is 0.0307. The summed E-state index contributed by atoms with van der Waals surface area (Å²) < 4.78 is 0. The van der Waals surface area contributed by atoms with Crippen molar-refractivity contribution in [3.63, 3.8) is 0 Å². The normalized spacial score (nSPS) is 11.0. The highest BCUT2D eigenvalue weighted by atomic mass is 16.2. The Kier molecular flexibility index (Phi) is 5.64. The zero-order chi connectivity index (χ0) is 21.0. The van der Waals surface area contributed by atoms with Gasteiger partial charge < -0.3 is 5.32 Å². The summed E-state index contributed by atoms with van der Waals surface area (Å²) in [6, 6.07) is 17.1. The standard InChI is InChI=1S/C23H21N3O3/c1-23(2,3)22(29)26-17-18(20(27)15-10-6-4-7-11-15)24-14-25-19(17)21(28)16-12-8-5-9-13-16/h4-14H,1-3H3,(H,26,29). The number of rotatable bonds is 5. The lowest BCUT2D eigenvalue weighted by Gasteiger charge is -2.20. The minimum atomic E-state index is -0.740. The van der Waals surface area contributed by atoms with Crippen molar-refractivity contribution in [3.05, 3.63) is 89.5 Å². The van der Waals surface area contributed by atoms with Crippen molar-refractivity contribution in [1.82, 2.24) is 9.97 Å². The highest BCUT2D eigenvalue weighted by molar-refractivity contribution is 6.19. The van der Waals surface area contributed by atoms with Gasteiger partial charge in [0.2, 0.25) is 17.5 Å². The lowest BCUT2D eigenvalue weighted by atomic mass is 9.94. The number of anilines is 1. The Morgan fingerprint density at radius 2 is 1.14 bits per heavy atom. The molecule has 0 aliphatic rings. The van der Waals surface area contributed by atoms with E-state index in [4.69, 9.17) is 0 Å². The third-order valence-corrected chi connectivity index (χ3v) is 4.27. The SMILES string of the molecule is CC(C)(C)C(=O)Nc1c(C(=O)c2ccccc2)ncnc1C(=O)c1ccccc1. The Hall–Kier alpha value is -3.67. The van der Waals surface area contributed by atoms with Gasteiger partial charge in [0.05, 0.1) is 0 Å². The van der Waals surface area contributed by atoms with Crippen LogP contribution in [0, 0.1) is 5.41 Å². The summed E-state index contributed by atoms with van der Waals surface area (Å²) in [5, 5.41) is 2.71. The molecule has 0 saturated heterocycles. The van der Waals surface area contributed by atoms with Crippen LogP contribution in [0.5, 0.6) is 0 Å². The van der Waals surface area contributed by atoms with Crippen LogP contribution < -0.4 is 5.32 Å². The van der Waals surface area contributed by atoms with Gasteiger partial charge in [-0.15, -0.1) is 0 Å². The molecule has 29 heavy (non-hydrogen) atoms. The van der Waals surface area contributed by atoms with Crippen molar-refractivity contribution in [1.29, 1.82) is 0 Å². The topological polar surface area (TPSA) is 89.0 Å². The van der Waals surface area contributed by atoms with Crippen LogP contribution in [0.15, 0.2) is 67.0 Å². The quantitative estimate of drug-likeness (QED) is 0.670. The van der Waals surface area contributed by atoms with Crippen molar-refractivity contribution < 1.29 is 14.4 Å². The molecule has 0 fully saturated rings. The van der Waals surface area contributed by atoms with Gasteiger partial charge in [-0.2, -0.15) is 0 Å². The Balaban J connectivity index is 2.14. The number of ketones is 2. The van der Waals surface area contributed by atoms with E-state index in [1.807, 2.05) is 0 Å². The summed E-state index contributed by atoms with van der Waals surface area (Å²) >= 11 is 0. The first kappa shape index (κ1) is 20.1. The number of nitrogens with one attached hydrogen (secondary N) is 1. The van der Waals surface area contributed by atoms with Crippen LogP contribution in [0.4, 0.5) is 5.69 Å². The van der Waals surface area contributed by atoms with E-state index in [0.29, 0.717) is 11.1 Å². The molecule has 0 aliphatic carbocycles. The van der Waals surface area contributed by atoms with Gasteiger partial charge in [-0.25, -0.2) is 9.97 Å². The van der Waals surface area contributed by atoms with Gasteiger partial charge >= 0.3 is 0 Å². The van der Waals surface area contributed by atoms with E-state index >= 15 is 0 Å². The van der Waals surface area contributed by atoms with Crippen molar-refractivity contribution in [3.8, 4) is 0 Å². The van der Waals surface area contributed by atoms with Gasteiger partial charge in [-0.05, 0) is 0 Å². The molecule has 0 aliphatic heterocycles. The number of nitrogens with zero attached hydrogens (tertiary/aromatic N) is 2. The zero-order valence-corrected chi connectivity index (χ0v) is 16.5. The van der Waals surface area contributed by atoms with E-state index in [1.165, 1.54) is 6.33 Å². The van der Waals surface area contributed by atoms with Crippen LogP contribution in [0.1, 0.15) is 52.9 Å². The summed E-state index contributed by atoms with van der Waals surface area (Å²) in [5.74, 6) is -1.16. The molecule has 1 N–H and O–H groups in total. The molecule has 6 heteroatoms. The molecule has 1 heterocycles. The fourth-order valence-electron chi connectivity index (χ4n) is 2.60. The van der Waals surface area contributed by atoms with Gasteiger partial charge in [0.15, 0.2) is 0 Å². The zero-order valence-electron chi connectivity index (χ0n) is 16.5. The van der Waals surface area contributed by atoms with Crippen LogP contribution in [-0.4, -0.2) is 27.4 Å². The van der Waals surface area contributed by atoms with E-state index in [2.05, 4.69) is 15.3 Å². The van der Waals surface area contributed by atoms with Gasteiger partial charge in [0, 0.05) is 16.5 Å². The largest absolute Gasteiger partial charge is 0.322 e. The fourth-order valence-corrected chi connectivity index (χ4v) is 2.60. The molecule has 1 aromatic heterocycles. The second-order valence-corrected chi connectivity index (χ2v) is 7.54. The molecule has 1 amide bonds. The lowest BCUT2D eigenvalue weighted by molar-refractivity contribution is -0.123. The average molecular weight is 387 g/mol. The average Bonchev–Trinajstić information content (AvgIpc) is 2.73. The van der Waals surface area contributed by atoms with Crippen LogP contribution in [0.25, 0.3) is 0 Å². The van der Waals surface area contributed by atoms with E-state index < -0.39 is 17.0 Å². The third kappa shape index (κ3) is 4.43. The number of benzene rings is 2. The number of carbonyl (C=O) groups excluding carboxylic acids is 3. The van der Waals surface area contributed by atoms with E-state index in [0.717, 1.165) is 0 Å². The first-order valence-electron chi connectivity index (χ1n) is 9.15. The van der Waals surface area contributed by atoms with Crippen LogP contribution in [0.3, 0.4) is 0 Å². The first-order chi connectivity index (χ1) is 13.8. The minimum absolute atomic E-state index is 0.0233. The highest BCUT2D eigenvalue weighted by Crippen LogP contribution is 2.25. The summed E-state index contributed by atoms with van der Waals surface area (Å²) in [6.45, 7) is 5.22. The third-order valence-electron chi connectivity index (χ3n) is 4.27. The lowest BCUT2D eigenvalue weighted by Crippen LogP contribution is -2.30. The first-order valence-corrected chi connectivity index (χ1v) is 9.15. The Bertz CT molecular complexity index is 986. The molecule has 3 rings (SSSR count). The van der Waals surface area contributed by atoms with Crippen molar-refractivity contribution in [2.24, 2.45) is 5.41 Å². The summed E-state index contributed by atoms with van der Waals surface area (Å²) in [4.78, 5) is 47.0. The van der Waals surface area contributed by atoms with Gasteiger partial charge in [0.25, 0.3) is 0 Å². The van der Waals surface area contributed by atoms with E-state index in [-0.39, 0.29) is 23.0 Å². The molecular formula is C23H21N3O3. The molecule has 0 saturated carbocycles. The summed E-state index contributed by atoms with van der Waals surface area (Å²) in [7, 11) is 0. The maximum atomic E-state index is 13.1. The van der Waals surface area contributed by atoms with Gasteiger partial charge in [-0.3, -0.25) is 14.4 Å². The Morgan fingerprint density at radius 1 is 0.724 bits per heavy atom. The number of hydrogen-bond donors (Lipinski definition) is 1. The number of hydrogen-bond acceptors (Lipinski definition) is 5. The van der Waals surface area contributed by atoms with Gasteiger partial charge in [0.1, 0.15) is 23.4 Å². The molecule has 0 radical (unpaired) electrons. The Labute approximate surface area is 169 Å². The maximum absolute atomic E-state index is 13.1. The second kappa shape index (κ2) is 8.14. The highest BCUT2D eigenvalue weighted by Gasteiger charge is 2.28. The fraction of sp³-hybridized carbons (Fsp3) is 0.174. The number of amides is 1. The summed E-state index contributed by atoms with van der Waals surface area (Å²) in [6.07, 6.45) is 1.17. The number of aromatic nitrogens is 2. The molecule has 0 atom stereocenters. The molecule has 0 unspecified atom stereocenters. The predicted molar refractivity (Wildman–Crippen MR) is 110 cm³/mol. The van der Waals surface area contributed by atoms with Crippen molar-refractivity contribution in [2.75, 3.05) is 5.32 Å². The minimum Gasteiger partial charge on any atom is -0.322 e. The molecule has 0 spiro atoms. The predicted octanol–water partition coefficient (Wildman–Crippen LogP) is 3.92. The molecule has 6 nitrogen and oxygen atoms in total. The van der Waals surface area contributed by atoms with E-state index in [1.54, 1.807) is 81.4 Å². The van der Waals surface area contributed by atoms with Gasteiger partial charge in [-0.1, -0.05) is 81.4 Å². The molecule has 0 bridgehead atoms. The van der Waals surface area contributed by atoms with E-state index in [9.17, 15) is 14.4 Å².